The van der Waals surface area contributed by atoms with Gasteiger partial charge in [0.1, 0.15) is 0 Å². The number of halogens is 1. The van der Waals surface area contributed by atoms with Crippen molar-refractivity contribution in [2.24, 2.45) is 0 Å². The van der Waals surface area contributed by atoms with Crippen LogP contribution in [0.25, 0.3) is 0 Å². The van der Waals surface area contributed by atoms with Crippen molar-refractivity contribution in [3.8, 4) is 0 Å². The second-order valence-corrected chi connectivity index (χ2v) is 5.03. The molecule has 0 aliphatic carbocycles. The van der Waals surface area contributed by atoms with Gasteiger partial charge in [0, 0.05) is 25.7 Å². The Bertz CT molecular complexity index is 411. The van der Waals surface area contributed by atoms with Gasteiger partial charge in [0.15, 0.2) is 0 Å². The number of nitrogens with one attached hydrogen (secondary N) is 1. The molecule has 0 aromatic heterocycles. The molecule has 0 aliphatic rings. The first kappa shape index (κ1) is 16.8. The molecule has 1 rings (SSSR count). The van der Waals surface area contributed by atoms with Crippen LogP contribution in [0.3, 0.4) is 0 Å². The van der Waals surface area contributed by atoms with Crippen molar-refractivity contribution in [2.45, 2.75) is 12.5 Å². The molecule has 20 heavy (non-hydrogen) atoms. The molecule has 0 fully saturated rings. The number of ether oxygens (including phenoxy) is 1. The number of aliphatic hydroxyl groups is 1. The summed E-state index contributed by atoms with van der Waals surface area (Å²) in [5, 5.41) is 13.0. The van der Waals surface area contributed by atoms with E-state index in [0.717, 1.165) is 12.0 Å². The van der Waals surface area contributed by atoms with Crippen LogP contribution in [0.1, 0.15) is 5.56 Å². The Balaban J connectivity index is 2.26. The topological polar surface area (TPSA) is 61.8 Å². The van der Waals surface area contributed by atoms with E-state index in [4.69, 9.17) is 16.3 Å². The second-order valence-electron chi connectivity index (χ2n) is 4.60. The third-order valence-corrected chi connectivity index (χ3v) is 3.05. The highest BCUT2D eigenvalue weighted by molar-refractivity contribution is 6.30. The van der Waals surface area contributed by atoms with E-state index in [1.165, 1.54) is 12.0 Å². The van der Waals surface area contributed by atoms with Gasteiger partial charge in [-0.3, -0.25) is 0 Å². The van der Waals surface area contributed by atoms with Crippen molar-refractivity contribution in [1.82, 2.24) is 10.2 Å². The van der Waals surface area contributed by atoms with Gasteiger partial charge in [-0.1, -0.05) is 23.7 Å². The molecule has 0 spiro atoms. The number of aliphatic hydroxyl groups excluding tert-OH is 1. The van der Waals surface area contributed by atoms with Crippen molar-refractivity contribution in [3.63, 3.8) is 0 Å². The molecule has 1 aromatic carbocycles. The molecule has 0 heterocycles. The van der Waals surface area contributed by atoms with Crippen molar-refractivity contribution in [3.05, 3.63) is 34.9 Å². The maximum atomic E-state index is 11.8. The lowest BCUT2D eigenvalue weighted by Crippen LogP contribution is -2.42. The van der Waals surface area contributed by atoms with Gasteiger partial charge in [-0.15, -0.1) is 0 Å². The lowest BCUT2D eigenvalue weighted by atomic mass is 10.1. The van der Waals surface area contributed by atoms with E-state index in [1.807, 2.05) is 24.3 Å². The van der Waals surface area contributed by atoms with Crippen LogP contribution < -0.4 is 5.32 Å². The summed E-state index contributed by atoms with van der Waals surface area (Å²) < 4.78 is 4.81. The summed E-state index contributed by atoms with van der Waals surface area (Å²) >= 11 is 5.80. The Morgan fingerprint density at radius 3 is 2.70 bits per heavy atom. The Hall–Kier alpha value is -1.30. The van der Waals surface area contributed by atoms with Crippen LogP contribution in [0.2, 0.25) is 5.02 Å². The highest BCUT2D eigenvalue weighted by Gasteiger charge is 2.12. The van der Waals surface area contributed by atoms with Gasteiger partial charge in [-0.25, -0.2) is 4.79 Å². The molecule has 0 bridgehead atoms. The number of urea groups is 1. The first-order valence-corrected chi connectivity index (χ1v) is 6.81. The zero-order valence-electron chi connectivity index (χ0n) is 11.8. The van der Waals surface area contributed by atoms with Crippen LogP contribution >= 0.6 is 11.6 Å². The number of hydrogen-bond acceptors (Lipinski definition) is 3. The molecule has 6 heteroatoms. The number of rotatable bonds is 7. The number of amides is 2. The van der Waals surface area contributed by atoms with Crippen LogP contribution in [-0.4, -0.2) is 56.0 Å². The standard InChI is InChI=1S/C14H21ClN2O3/c1-17(9-13(18)10-20-2)14(19)16-8-7-11-3-5-12(15)6-4-11/h3-6,13,18H,7-10H2,1-2H3,(H,16,19)/t13-/m0/s1. The molecule has 5 nitrogen and oxygen atoms in total. The van der Waals surface area contributed by atoms with E-state index < -0.39 is 6.10 Å². The summed E-state index contributed by atoms with van der Waals surface area (Å²) in [6, 6.07) is 7.30. The molecule has 2 amide bonds. The predicted octanol–water partition coefficient (Wildman–Crippen LogP) is 1.53. The molecule has 0 aliphatic heterocycles. The maximum absolute atomic E-state index is 11.8. The fourth-order valence-electron chi connectivity index (χ4n) is 1.74. The van der Waals surface area contributed by atoms with E-state index in [1.54, 1.807) is 7.05 Å². The first-order valence-electron chi connectivity index (χ1n) is 6.43. The monoisotopic (exact) mass is 300 g/mol. The molecule has 2 N–H and O–H groups in total. The average molecular weight is 301 g/mol. The summed E-state index contributed by atoms with van der Waals surface area (Å²) in [4.78, 5) is 13.2. The second kappa shape index (κ2) is 8.79. The summed E-state index contributed by atoms with van der Waals surface area (Å²) in [7, 11) is 3.14. The molecular weight excluding hydrogens is 280 g/mol. The minimum atomic E-state index is -0.674. The minimum absolute atomic E-state index is 0.211. The zero-order chi connectivity index (χ0) is 15.0. The van der Waals surface area contributed by atoms with Crippen LogP contribution in [0.4, 0.5) is 4.79 Å². The largest absolute Gasteiger partial charge is 0.389 e. The third-order valence-electron chi connectivity index (χ3n) is 2.79. The van der Waals surface area contributed by atoms with Crippen molar-refractivity contribution >= 4 is 17.6 Å². The van der Waals surface area contributed by atoms with Gasteiger partial charge in [0.25, 0.3) is 0 Å². The zero-order valence-corrected chi connectivity index (χ0v) is 12.6. The Morgan fingerprint density at radius 1 is 1.45 bits per heavy atom. The molecule has 0 saturated heterocycles. The number of hydrogen-bond donors (Lipinski definition) is 2. The van der Waals surface area contributed by atoms with E-state index in [-0.39, 0.29) is 19.2 Å². The van der Waals surface area contributed by atoms with Crippen LogP contribution in [0.15, 0.2) is 24.3 Å². The van der Waals surface area contributed by atoms with Gasteiger partial charge in [-0.2, -0.15) is 0 Å². The minimum Gasteiger partial charge on any atom is -0.389 e. The van der Waals surface area contributed by atoms with Crippen LogP contribution in [0.5, 0.6) is 0 Å². The Labute approximate surface area is 124 Å². The Kier molecular flexibility index (Phi) is 7.36. The number of carbonyl (C=O) groups is 1. The molecule has 0 radical (unpaired) electrons. The van der Waals surface area contributed by atoms with Gasteiger partial charge >= 0.3 is 6.03 Å². The first-order chi connectivity index (χ1) is 9.52. The molecule has 0 unspecified atom stereocenters. The predicted molar refractivity (Wildman–Crippen MR) is 79.1 cm³/mol. The fourth-order valence-corrected chi connectivity index (χ4v) is 1.87. The lowest BCUT2D eigenvalue weighted by molar-refractivity contribution is 0.0490. The summed E-state index contributed by atoms with van der Waals surface area (Å²) in [6.45, 7) is 0.980. The van der Waals surface area contributed by atoms with E-state index in [9.17, 15) is 9.90 Å². The normalized spacial score (nSPS) is 12.0. The molecule has 0 saturated carbocycles. The van der Waals surface area contributed by atoms with Gasteiger partial charge in [0.05, 0.1) is 19.3 Å². The average Bonchev–Trinajstić information content (AvgIpc) is 2.41. The van der Waals surface area contributed by atoms with E-state index >= 15 is 0 Å². The highest BCUT2D eigenvalue weighted by atomic mass is 35.5. The lowest BCUT2D eigenvalue weighted by Gasteiger charge is -2.20. The number of methoxy groups -OCH3 is 1. The Morgan fingerprint density at radius 2 is 2.10 bits per heavy atom. The highest BCUT2D eigenvalue weighted by Crippen LogP contribution is 2.09. The van der Waals surface area contributed by atoms with Crippen LogP contribution in [0, 0.1) is 0 Å². The molecule has 1 atom stereocenters. The van der Waals surface area contributed by atoms with Crippen molar-refractivity contribution in [2.75, 3.05) is 33.9 Å². The van der Waals surface area contributed by atoms with E-state index in [2.05, 4.69) is 5.32 Å². The maximum Gasteiger partial charge on any atom is 0.317 e. The SMILES string of the molecule is COC[C@@H](O)CN(C)C(=O)NCCc1ccc(Cl)cc1. The molecular formula is C14H21ClN2O3. The van der Waals surface area contributed by atoms with Crippen LogP contribution in [-0.2, 0) is 11.2 Å². The van der Waals surface area contributed by atoms with Gasteiger partial charge in [0.2, 0.25) is 0 Å². The number of likely N-dealkylation sites (N-methyl/N-ethyl adjacent to an activating group) is 1. The summed E-state index contributed by atoms with van der Waals surface area (Å²) in [5.74, 6) is 0. The van der Waals surface area contributed by atoms with Gasteiger partial charge < -0.3 is 20.1 Å². The quantitative estimate of drug-likeness (QED) is 0.803. The third kappa shape index (κ3) is 6.23. The molecule has 1 aromatic rings. The van der Waals surface area contributed by atoms with Gasteiger partial charge in [-0.05, 0) is 24.1 Å². The van der Waals surface area contributed by atoms with E-state index in [0.29, 0.717) is 11.6 Å². The fraction of sp³-hybridized carbons (Fsp3) is 0.500. The number of nitrogens with zero attached hydrogens (tertiary/aromatic N) is 1. The van der Waals surface area contributed by atoms with Crippen molar-refractivity contribution in [1.29, 1.82) is 0 Å². The number of carbonyl (C=O) groups excluding carboxylic acids is 1. The summed E-state index contributed by atoms with van der Waals surface area (Å²) in [5.41, 5.74) is 1.11. The summed E-state index contributed by atoms with van der Waals surface area (Å²) in [6.07, 6.45) is 0.0594. The smallest absolute Gasteiger partial charge is 0.317 e. The van der Waals surface area contributed by atoms with Crippen molar-refractivity contribution < 1.29 is 14.6 Å². The number of benzene rings is 1. The molecule has 112 valence electrons.